The monoisotopic (exact) mass is 354 g/mol. The van der Waals surface area contributed by atoms with Crippen molar-refractivity contribution in [1.29, 1.82) is 0 Å². The molecule has 0 spiro atoms. The van der Waals surface area contributed by atoms with E-state index in [1.807, 2.05) is 31.2 Å². The number of aryl methyl sites for hydroxylation is 1. The van der Waals surface area contributed by atoms with Gasteiger partial charge in [0, 0.05) is 12.0 Å². The highest BCUT2D eigenvalue weighted by molar-refractivity contribution is 9.10. The summed E-state index contributed by atoms with van der Waals surface area (Å²) in [7, 11) is 3.22. The number of rotatable bonds is 6. The van der Waals surface area contributed by atoms with Crippen molar-refractivity contribution in [2.24, 2.45) is 5.84 Å². The lowest BCUT2D eigenvalue weighted by Crippen LogP contribution is -2.29. The van der Waals surface area contributed by atoms with Crippen LogP contribution in [0.4, 0.5) is 0 Å². The second kappa shape index (κ2) is 6.98. The third-order valence-electron chi connectivity index (χ3n) is 3.31. The molecule has 21 heavy (non-hydrogen) atoms. The molecule has 6 heteroatoms. The van der Waals surface area contributed by atoms with Gasteiger partial charge in [-0.2, -0.15) is 0 Å². The van der Waals surface area contributed by atoms with Crippen LogP contribution in [0.15, 0.2) is 33.2 Å². The fourth-order valence-electron chi connectivity index (χ4n) is 2.21. The molecule has 0 bridgehead atoms. The fraction of sp³-hybridized carbons (Fsp3) is 0.333. The average molecular weight is 355 g/mol. The van der Waals surface area contributed by atoms with E-state index in [9.17, 15) is 0 Å². The maximum absolute atomic E-state index is 5.79. The summed E-state index contributed by atoms with van der Waals surface area (Å²) in [6, 6.07) is 7.32. The van der Waals surface area contributed by atoms with Crippen molar-refractivity contribution < 1.29 is 13.9 Å². The van der Waals surface area contributed by atoms with Gasteiger partial charge in [-0.15, -0.1) is 0 Å². The Morgan fingerprint density at radius 2 is 2.00 bits per heavy atom. The molecule has 0 saturated heterocycles. The van der Waals surface area contributed by atoms with Crippen molar-refractivity contribution in [3.63, 3.8) is 0 Å². The van der Waals surface area contributed by atoms with Gasteiger partial charge in [-0.1, -0.05) is 6.92 Å². The molecule has 5 nitrogen and oxygen atoms in total. The number of methoxy groups -OCH3 is 2. The minimum Gasteiger partial charge on any atom is -0.495 e. The zero-order valence-corrected chi connectivity index (χ0v) is 13.9. The van der Waals surface area contributed by atoms with E-state index < -0.39 is 0 Å². The average Bonchev–Trinajstić information content (AvgIpc) is 2.97. The van der Waals surface area contributed by atoms with Crippen molar-refractivity contribution in [1.82, 2.24) is 5.43 Å². The van der Waals surface area contributed by atoms with Gasteiger partial charge in [-0.25, -0.2) is 5.43 Å². The number of hydrogen-bond donors (Lipinski definition) is 2. The van der Waals surface area contributed by atoms with Crippen LogP contribution in [0.5, 0.6) is 11.5 Å². The molecule has 0 radical (unpaired) electrons. The molecule has 2 aromatic rings. The normalized spacial score (nSPS) is 12.2. The molecule has 0 fully saturated rings. The molecule has 2 rings (SSSR count). The van der Waals surface area contributed by atoms with E-state index in [2.05, 4.69) is 21.4 Å². The summed E-state index contributed by atoms with van der Waals surface area (Å²) in [6.45, 7) is 2.04. The van der Waals surface area contributed by atoms with Gasteiger partial charge in [0.2, 0.25) is 0 Å². The van der Waals surface area contributed by atoms with Gasteiger partial charge in [-0.05, 0) is 40.2 Å². The molecular weight excluding hydrogens is 336 g/mol. The summed E-state index contributed by atoms with van der Waals surface area (Å²) in [5.74, 6) is 8.73. The van der Waals surface area contributed by atoms with Gasteiger partial charge in [0.25, 0.3) is 0 Å². The van der Waals surface area contributed by atoms with Crippen LogP contribution < -0.4 is 20.7 Å². The first-order chi connectivity index (χ1) is 10.2. The summed E-state index contributed by atoms with van der Waals surface area (Å²) in [5.41, 5.74) is 3.64. The van der Waals surface area contributed by atoms with Crippen molar-refractivity contribution >= 4 is 15.9 Å². The minimum absolute atomic E-state index is 0.303. The third kappa shape index (κ3) is 3.07. The van der Waals surface area contributed by atoms with E-state index >= 15 is 0 Å². The van der Waals surface area contributed by atoms with Crippen LogP contribution in [0.3, 0.4) is 0 Å². The quantitative estimate of drug-likeness (QED) is 0.615. The molecular formula is C15H19BrN2O3. The summed E-state index contributed by atoms with van der Waals surface area (Å²) in [4.78, 5) is 0. The Morgan fingerprint density at radius 3 is 2.52 bits per heavy atom. The predicted molar refractivity (Wildman–Crippen MR) is 84.5 cm³/mol. The zero-order chi connectivity index (χ0) is 15.4. The predicted octanol–water partition coefficient (Wildman–Crippen LogP) is 3.17. The number of furan rings is 1. The van der Waals surface area contributed by atoms with Crippen LogP contribution in [-0.2, 0) is 6.42 Å². The Kier molecular flexibility index (Phi) is 5.27. The number of nitrogens with one attached hydrogen (secondary N) is 1. The molecule has 1 unspecified atom stereocenters. The van der Waals surface area contributed by atoms with Crippen molar-refractivity contribution in [2.75, 3.05) is 14.2 Å². The van der Waals surface area contributed by atoms with E-state index in [0.29, 0.717) is 11.5 Å². The van der Waals surface area contributed by atoms with Gasteiger partial charge in [0.05, 0.1) is 14.2 Å². The van der Waals surface area contributed by atoms with Gasteiger partial charge >= 0.3 is 0 Å². The number of ether oxygens (including phenoxy) is 2. The Labute approximate surface area is 132 Å². The van der Waals surface area contributed by atoms with Crippen LogP contribution in [0.2, 0.25) is 0 Å². The van der Waals surface area contributed by atoms with Gasteiger partial charge in [-0.3, -0.25) is 5.84 Å². The molecule has 0 aliphatic carbocycles. The highest BCUT2D eigenvalue weighted by Gasteiger charge is 2.23. The largest absolute Gasteiger partial charge is 0.495 e. The lowest BCUT2D eigenvalue weighted by molar-refractivity contribution is 0.374. The number of hydrogen-bond acceptors (Lipinski definition) is 5. The lowest BCUT2D eigenvalue weighted by Gasteiger charge is -2.19. The molecule has 1 heterocycles. The standard InChI is InChI=1S/C15H19BrN2O3/c1-4-9-5-7-12(21-9)14(18-17)10-6-8-11(19-2)13(16)15(10)20-3/h5-8,14,18H,4,17H2,1-3H3. The van der Waals surface area contributed by atoms with Crippen LogP contribution in [0.25, 0.3) is 0 Å². The highest BCUT2D eigenvalue weighted by Crippen LogP contribution is 2.41. The second-order valence-electron chi connectivity index (χ2n) is 4.46. The van der Waals surface area contributed by atoms with Gasteiger partial charge < -0.3 is 13.9 Å². The number of nitrogens with two attached hydrogens (primary N) is 1. The molecule has 1 aromatic heterocycles. The summed E-state index contributed by atoms with van der Waals surface area (Å²) < 4.78 is 17.3. The first-order valence-electron chi connectivity index (χ1n) is 6.61. The summed E-state index contributed by atoms with van der Waals surface area (Å²) in [5, 5.41) is 0. The van der Waals surface area contributed by atoms with Crippen LogP contribution in [0.1, 0.15) is 30.0 Å². The lowest BCUT2D eigenvalue weighted by atomic mass is 10.0. The molecule has 0 saturated carbocycles. The number of hydrazine groups is 1. The number of halogens is 1. The fourth-order valence-corrected chi connectivity index (χ4v) is 2.90. The zero-order valence-electron chi connectivity index (χ0n) is 12.3. The van der Waals surface area contributed by atoms with Crippen molar-refractivity contribution in [3.05, 3.63) is 45.8 Å². The first-order valence-corrected chi connectivity index (χ1v) is 7.40. The highest BCUT2D eigenvalue weighted by atomic mass is 79.9. The molecule has 1 atom stereocenters. The SMILES string of the molecule is CCc1ccc(C(NN)c2ccc(OC)c(Br)c2OC)o1. The molecule has 114 valence electrons. The van der Waals surface area contributed by atoms with Crippen LogP contribution in [-0.4, -0.2) is 14.2 Å². The van der Waals surface area contributed by atoms with E-state index in [0.717, 1.165) is 28.0 Å². The second-order valence-corrected chi connectivity index (χ2v) is 5.25. The molecule has 3 N–H and O–H groups in total. The Hall–Kier alpha value is -1.50. The van der Waals surface area contributed by atoms with Gasteiger partial charge in [0.1, 0.15) is 33.5 Å². The van der Waals surface area contributed by atoms with E-state index in [1.165, 1.54) is 0 Å². The number of benzene rings is 1. The van der Waals surface area contributed by atoms with Crippen LogP contribution in [0, 0.1) is 0 Å². The molecule has 0 aliphatic rings. The topological polar surface area (TPSA) is 69.7 Å². The Morgan fingerprint density at radius 1 is 1.24 bits per heavy atom. The summed E-state index contributed by atoms with van der Waals surface area (Å²) >= 11 is 3.49. The van der Waals surface area contributed by atoms with Crippen molar-refractivity contribution in [3.8, 4) is 11.5 Å². The summed E-state index contributed by atoms with van der Waals surface area (Å²) in [6.07, 6.45) is 0.834. The van der Waals surface area contributed by atoms with Crippen LogP contribution >= 0.6 is 15.9 Å². The molecule has 0 aliphatic heterocycles. The maximum Gasteiger partial charge on any atom is 0.142 e. The smallest absolute Gasteiger partial charge is 0.142 e. The minimum atomic E-state index is -0.303. The van der Waals surface area contributed by atoms with E-state index in [-0.39, 0.29) is 6.04 Å². The van der Waals surface area contributed by atoms with E-state index in [1.54, 1.807) is 14.2 Å². The first kappa shape index (κ1) is 15.9. The van der Waals surface area contributed by atoms with E-state index in [4.69, 9.17) is 19.7 Å². The molecule has 1 aromatic carbocycles. The Bertz CT molecular complexity index is 613. The maximum atomic E-state index is 5.79. The van der Waals surface area contributed by atoms with Gasteiger partial charge in [0.15, 0.2) is 0 Å². The van der Waals surface area contributed by atoms with Crippen molar-refractivity contribution in [2.45, 2.75) is 19.4 Å². The third-order valence-corrected chi connectivity index (χ3v) is 4.06. The Balaban J connectivity index is 2.49. The molecule has 0 amide bonds.